The van der Waals surface area contributed by atoms with E-state index in [-0.39, 0.29) is 12.0 Å². The quantitative estimate of drug-likeness (QED) is 0.208. The Morgan fingerprint density at radius 2 is 1.81 bits per heavy atom. The van der Waals surface area contributed by atoms with E-state index in [1.54, 1.807) is 43.3 Å². The van der Waals surface area contributed by atoms with E-state index in [1.165, 1.54) is 7.11 Å². The van der Waals surface area contributed by atoms with E-state index >= 15 is 0 Å². The summed E-state index contributed by atoms with van der Waals surface area (Å²) < 4.78 is 17.4. The van der Waals surface area contributed by atoms with Crippen LogP contribution in [0.4, 0.5) is 0 Å². The van der Waals surface area contributed by atoms with Crippen LogP contribution >= 0.6 is 23.2 Å². The summed E-state index contributed by atoms with van der Waals surface area (Å²) >= 11 is 12.9. The van der Waals surface area contributed by atoms with Crippen LogP contribution in [0.3, 0.4) is 0 Å². The number of hydrogen-bond donors (Lipinski definition) is 0. The van der Waals surface area contributed by atoms with Crippen LogP contribution in [0.5, 0.6) is 11.5 Å². The first-order chi connectivity index (χ1) is 20.7. The van der Waals surface area contributed by atoms with Crippen LogP contribution in [-0.4, -0.2) is 75.2 Å². The number of carbonyl (C=O) groups is 2. The van der Waals surface area contributed by atoms with E-state index in [4.69, 9.17) is 37.4 Å². The van der Waals surface area contributed by atoms with Crippen molar-refractivity contribution in [2.45, 2.75) is 18.9 Å². The summed E-state index contributed by atoms with van der Waals surface area (Å²) in [6.07, 6.45) is 5.09. The number of methoxy groups -OCH3 is 1. The number of carbonyl (C=O) groups excluding carboxylic acids is 2. The molecule has 1 amide bonds. The van der Waals surface area contributed by atoms with Gasteiger partial charge in [0.25, 0.3) is 0 Å². The van der Waals surface area contributed by atoms with Gasteiger partial charge in [-0.3, -0.25) is 9.69 Å². The number of halogens is 2. The Hall–Kier alpha value is -3.78. The topological polar surface area (TPSA) is 68.3 Å². The number of esters is 1. The maximum Gasteiger partial charge on any atom is 0.337 e. The third-order valence-corrected chi connectivity index (χ3v) is 8.13. The lowest BCUT2D eigenvalue weighted by Gasteiger charge is -2.18. The van der Waals surface area contributed by atoms with Gasteiger partial charge in [0.15, 0.2) is 0 Å². The molecule has 3 aromatic rings. The Morgan fingerprint density at radius 1 is 1.05 bits per heavy atom. The minimum atomic E-state index is -0.424. The lowest BCUT2D eigenvalue weighted by molar-refractivity contribution is -0.123. The van der Waals surface area contributed by atoms with Gasteiger partial charge in [0.2, 0.25) is 5.91 Å². The third-order valence-electron chi connectivity index (χ3n) is 7.58. The standard InChI is InChI=1S/C34H34Cl2N2O5/c1-37(2)32(39)5-4-16-38-17-14-26(21-38)43-25-10-6-22(7-11-25)33-28(27-13-9-24(35)20-30(27)36)15-18-42-31-19-23(34(40)41-3)8-12-29(31)33/h4-13,19-20,26H,14-18,21H2,1-3H3/t26-/m0/s1. The predicted octanol–water partition coefficient (Wildman–Crippen LogP) is 6.62. The lowest BCUT2D eigenvalue weighted by Crippen LogP contribution is -2.25. The second-order valence-electron chi connectivity index (χ2n) is 10.7. The summed E-state index contributed by atoms with van der Waals surface area (Å²) in [6, 6.07) is 18.9. The fourth-order valence-electron chi connectivity index (χ4n) is 5.38. The predicted molar refractivity (Wildman–Crippen MR) is 170 cm³/mol. The number of benzene rings is 3. The summed E-state index contributed by atoms with van der Waals surface area (Å²) in [5.41, 5.74) is 5.10. The van der Waals surface area contributed by atoms with Crippen molar-refractivity contribution < 1.29 is 23.8 Å². The molecule has 1 fully saturated rings. The van der Waals surface area contributed by atoms with Crippen molar-refractivity contribution in [3.63, 3.8) is 0 Å². The van der Waals surface area contributed by atoms with Crippen LogP contribution in [0.1, 0.15) is 39.9 Å². The van der Waals surface area contributed by atoms with Gasteiger partial charge >= 0.3 is 5.97 Å². The number of ether oxygens (including phenoxy) is 3. The fourth-order valence-corrected chi connectivity index (χ4v) is 5.90. The Balaban J connectivity index is 1.42. The number of hydrogen-bond acceptors (Lipinski definition) is 6. The van der Waals surface area contributed by atoms with Crippen molar-refractivity contribution in [3.8, 4) is 11.5 Å². The second kappa shape index (κ2) is 13.7. The summed E-state index contributed by atoms with van der Waals surface area (Å²) in [7, 11) is 4.84. The Morgan fingerprint density at radius 3 is 2.53 bits per heavy atom. The minimum absolute atomic E-state index is 0.0181. The molecule has 43 heavy (non-hydrogen) atoms. The summed E-state index contributed by atoms with van der Waals surface area (Å²) in [5.74, 6) is 0.945. The molecule has 0 radical (unpaired) electrons. The molecule has 2 aliphatic rings. The molecule has 224 valence electrons. The van der Waals surface area contributed by atoms with Crippen LogP contribution in [0, 0.1) is 0 Å². The largest absolute Gasteiger partial charge is 0.493 e. The van der Waals surface area contributed by atoms with Gasteiger partial charge < -0.3 is 19.1 Å². The molecule has 0 spiro atoms. The molecular formula is C34H34Cl2N2O5. The van der Waals surface area contributed by atoms with Crippen LogP contribution in [0.25, 0.3) is 11.1 Å². The van der Waals surface area contributed by atoms with E-state index in [0.29, 0.717) is 40.9 Å². The third kappa shape index (κ3) is 7.24. The second-order valence-corrected chi connectivity index (χ2v) is 11.6. The molecule has 1 saturated heterocycles. The zero-order valence-corrected chi connectivity index (χ0v) is 26.0. The summed E-state index contributed by atoms with van der Waals surface area (Å²) in [4.78, 5) is 27.9. The molecule has 0 bridgehead atoms. The highest BCUT2D eigenvalue weighted by atomic mass is 35.5. The zero-order valence-electron chi connectivity index (χ0n) is 24.4. The highest BCUT2D eigenvalue weighted by molar-refractivity contribution is 6.36. The molecular weight excluding hydrogens is 587 g/mol. The van der Waals surface area contributed by atoms with Crippen molar-refractivity contribution in [2.24, 2.45) is 0 Å². The van der Waals surface area contributed by atoms with Gasteiger partial charge in [-0.05, 0) is 71.2 Å². The highest BCUT2D eigenvalue weighted by Crippen LogP contribution is 2.43. The van der Waals surface area contributed by atoms with Gasteiger partial charge in [0, 0.05) is 61.8 Å². The van der Waals surface area contributed by atoms with Crippen molar-refractivity contribution in [3.05, 3.63) is 105 Å². The van der Waals surface area contributed by atoms with Crippen LogP contribution in [0.15, 0.2) is 72.8 Å². The molecule has 2 heterocycles. The highest BCUT2D eigenvalue weighted by Gasteiger charge is 2.25. The average molecular weight is 622 g/mol. The van der Waals surface area contributed by atoms with Gasteiger partial charge in [0.1, 0.15) is 17.6 Å². The number of rotatable bonds is 8. The molecule has 0 N–H and O–H groups in total. The molecule has 3 aromatic carbocycles. The SMILES string of the molecule is COC(=O)c1ccc2c(c1)OCCC(c1ccc(Cl)cc1Cl)=C2c1ccc(O[C@H]2CCN(CC=CC(=O)N(C)C)C2)cc1. The first-order valence-corrected chi connectivity index (χ1v) is 14.9. The number of amides is 1. The van der Waals surface area contributed by atoms with Gasteiger partial charge in [-0.25, -0.2) is 4.79 Å². The smallest absolute Gasteiger partial charge is 0.337 e. The first-order valence-electron chi connectivity index (χ1n) is 14.1. The van der Waals surface area contributed by atoms with Crippen LogP contribution in [0.2, 0.25) is 10.0 Å². The van der Waals surface area contributed by atoms with E-state index in [0.717, 1.165) is 53.1 Å². The molecule has 7 nitrogen and oxygen atoms in total. The molecule has 1 atom stereocenters. The Kier molecular flexibility index (Phi) is 9.76. The van der Waals surface area contributed by atoms with Gasteiger partial charge in [0.05, 0.1) is 19.3 Å². The van der Waals surface area contributed by atoms with Crippen molar-refractivity contribution in [1.29, 1.82) is 0 Å². The Bertz CT molecular complexity index is 1570. The normalized spacial score (nSPS) is 16.9. The van der Waals surface area contributed by atoms with Gasteiger partial charge in [-0.15, -0.1) is 0 Å². The first kappa shape index (κ1) is 30.7. The molecule has 2 aliphatic heterocycles. The minimum Gasteiger partial charge on any atom is -0.493 e. The number of likely N-dealkylation sites (tertiary alicyclic amines) is 1. The molecule has 9 heteroatoms. The average Bonchev–Trinajstić information content (AvgIpc) is 3.35. The molecule has 0 saturated carbocycles. The maximum absolute atomic E-state index is 12.2. The van der Waals surface area contributed by atoms with Crippen molar-refractivity contribution >= 4 is 46.2 Å². The Labute approximate surface area is 262 Å². The van der Waals surface area contributed by atoms with E-state index in [9.17, 15) is 9.59 Å². The lowest BCUT2D eigenvalue weighted by atomic mass is 9.87. The molecule has 0 unspecified atom stereocenters. The number of fused-ring (bicyclic) bond motifs is 1. The molecule has 5 rings (SSSR count). The van der Waals surface area contributed by atoms with Crippen molar-refractivity contribution in [1.82, 2.24) is 9.80 Å². The number of nitrogens with zero attached hydrogens (tertiary/aromatic N) is 2. The van der Waals surface area contributed by atoms with Crippen LogP contribution < -0.4 is 9.47 Å². The monoisotopic (exact) mass is 620 g/mol. The summed E-state index contributed by atoms with van der Waals surface area (Å²) in [5, 5.41) is 1.12. The summed E-state index contributed by atoms with van der Waals surface area (Å²) in [6.45, 7) is 2.82. The fraction of sp³-hybridized carbons (Fsp3) is 0.294. The van der Waals surface area contributed by atoms with Crippen molar-refractivity contribution in [2.75, 3.05) is 47.4 Å². The number of likely N-dealkylation sites (N-methyl/N-ethyl adjacent to an activating group) is 1. The molecule has 0 aromatic heterocycles. The molecule has 0 aliphatic carbocycles. The van der Waals surface area contributed by atoms with Crippen LogP contribution in [-0.2, 0) is 9.53 Å². The van der Waals surface area contributed by atoms with E-state index in [1.807, 2.05) is 48.5 Å². The zero-order chi connectivity index (χ0) is 30.5. The van der Waals surface area contributed by atoms with Gasteiger partial charge in [-0.2, -0.15) is 0 Å². The van der Waals surface area contributed by atoms with E-state index in [2.05, 4.69) is 4.90 Å². The van der Waals surface area contributed by atoms with Gasteiger partial charge in [-0.1, -0.05) is 47.5 Å². The van der Waals surface area contributed by atoms with E-state index < -0.39 is 5.97 Å². The maximum atomic E-state index is 12.2.